The Morgan fingerprint density at radius 1 is 1.17 bits per heavy atom. The molecule has 2 rings (SSSR count). The molecule has 18 heavy (non-hydrogen) atoms. The van der Waals surface area contributed by atoms with Crippen LogP contribution in [0.4, 0.5) is 0 Å². The minimum absolute atomic E-state index is 0.0331. The molecular formula is C14H20N2O2. The first-order valence-corrected chi connectivity index (χ1v) is 6.26. The van der Waals surface area contributed by atoms with Gasteiger partial charge in [0.1, 0.15) is 17.4 Å². The molecular weight excluding hydrogens is 228 g/mol. The Morgan fingerprint density at radius 2 is 1.83 bits per heavy atom. The van der Waals surface area contributed by atoms with Gasteiger partial charge in [-0.3, -0.25) is 4.79 Å². The zero-order valence-corrected chi connectivity index (χ0v) is 11.1. The first-order chi connectivity index (χ1) is 8.46. The summed E-state index contributed by atoms with van der Waals surface area (Å²) < 4.78 is 5.75. The van der Waals surface area contributed by atoms with Crippen molar-refractivity contribution in [3.05, 3.63) is 29.8 Å². The quantitative estimate of drug-likeness (QED) is 0.836. The third-order valence-electron chi connectivity index (χ3n) is 2.67. The first kappa shape index (κ1) is 12.9. The molecule has 1 atom stereocenters. The maximum atomic E-state index is 11.7. The summed E-state index contributed by atoms with van der Waals surface area (Å²) in [6, 6.07) is 7.43. The largest absolute Gasteiger partial charge is 0.488 e. The number of rotatable bonds is 2. The highest BCUT2D eigenvalue weighted by atomic mass is 16.5. The first-order valence-electron chi connectivity index (χ1n) is 6.26. The summed E-state index contributed by atoms with van der Waals surface area (Å²) in [7, 11) is 0. The van der Waals surface area contributed by atoms with E-state index in [1.807, 2.05) is 45.0 Å². The Labute approximate surface area is 108 Å². The van der Waals surface area contributed by atoms with Crippen molar-refractivity contribution in [2.24, 2.45) is 0 Å². The second-order valence-electron chi connectivity index (χ2n) is 5.46. The van der Waals surface area contributed by atoms with Crippen molar-refractivity contribution in [1.29, 1.82) is 0 Å². The van der Waals surface area contributed by atoms with E-state index in [2.05, 4.69) is 10.6 Å². The van der Waals surface area contributed by atoms with Gasteiger partial charge < -0.3 is 15.4 Å². The van der Waals surface area contributed by atoms with Crippen LogP contribution < -0.4 is 15.4 Å². The van der Waals surface area contributed by atoms with Gasteiger partial charge in [-0.2, -0.15) is 0 Å². The Bertz CT molecular complexity index is 420. The smallest absolute Gasteiger partial charge is 0.241 e. The predicted octanol–water partition coefficient (Wildman–Crippen LogP) is 1.62. The lowest BCUT2D eigenvalue weighted by molar-refractivity contribution is -0.124. The molecule has 1 aromatic rings. The fraction of sp³-hybridized carbons (Fsp3) is 0.500. The summed E-state index contributed by atoms with van der Waals surface area (Å²) in [6.07, 6.45) is 0. The van der Waals surface area contributed by atoms with Crippen LogP contribution in [0.5, 0.6) is 5.75 Å². The Kier molecular flexibility index (Phi) is 3.57. The van der Waals surface area contributed by atoms with Crippen LogP contribution in [0.15, 0.2) is 24.3 Å². The van der Waals surface area contributed by atoms with E-state index in [1.54, 1.807) is 0 Å². The van der Waals surface area contributed by atoms with Crippen LogP contribution in [-0.4, -0.2) is 24.6 Å². The highest BCUT2D eigenvalue weighted by molar-refractivity contribution is 5.83. The van der Waals surface area contributed by atoms with E-state index in [9.17, 15) is 4.79 Å². The van der Waals surface area contributed by atoms with Crippen LogP contribution in [0.1, 0.15) is 32.4 Å². The van der Waals surface area contributed by atoms with Gasteiger partial charge in [0, 0.05) is 13.1 Å². The molecule has 0 radical (unpaired) electrons. The summed E-state index contributed by atoms with van der Waals surface area (Å²) >= 11 is 0. The fourth-order valence-electron chi connectivity index (χ4n) is 1.95. The number of ether oxygens (including phenoxy) is 1. The topological polar surface area (TPSA) is 50.4 Å². The predicted molar refractivity (Wildman–Crippen MR) is 70.6 cm³/mol. The molecule has 0 aliphatic carbocycles. The van der Waals surface area contributed by atoms with E-state index < -0.39 is 0 Å². The summed E-state index contributed by atoms with van der Waals surface area (Å²) in [5.74, 6) is 0.855. The molecule has 0 aromatic heterocycles. The number of amides is 1. The number of nitrogens with one attached hydrogen (secondary N) is 2. The van der Waals surface area contributed by atoms with Crippen molar-refractivity contribution in [2.45, 2.75) is 32.4 Å². The average molecular weight is 248 g/mol. The van der Waals surface area contributed by atoms with Crippen LogP contribution in [0.3, 0.4) is 0 Å². The molecule has 1 fully saturated rings. The van der Waals surface area contributed by atoms with E-state index in [0.29, 0.717) is 6.54 Å². The minimum atomic E-state index is -0.248. The van der Waals surface area contributed by atoms with Crippen LogP contribution >= 0.6 is 0 Å². The molecule has 4 nitrogen and oxygen atoms in total. The molecule has 1 amide bonds. The average Bonchev–Trinajstić information content (AvgIpc) is 2.29. The number of hydrogen-bond donors (Lipinski definition) is 2. The third kappa shape index (κ3) is 3.23. The third-order valence-corrected chi connectivity index (χ3v) is 2.67. The van der Waals surface area contributed by atoms with Gasteiger partial charge in [-0.1, -0.05) is 12.1 Å². The van der Waals surface area contributed by atoms with Gasteiger partial charge in [-0.25, -0.2) is 0 Å². The zero-order chi connectivity index (χ0) is 13.2. The molecule has 1 unspecified atom stereocenters. The normalized spacial score (nSPS) is 20.4. The molecule has 1 heterocycles. The Balaban J connectivity index is 2.09. The van der Waals surface area contributed by atoms with Gasteiger partial charge in [0.2, 0.25) is 5.91 Å². The van der Waals surface area contributed by atoms with Gasteiger partial charge in [-0.05, 0) is 38.5 Å². The van der Waals surface area contributed by atoms with Crippen molar-refractivity contribution in [2.75, 3.05) is 13.1 Å². The Hall–Kier alpha value is -1.55. The minimum Gasteiger partial charge on any atom is -0.488 e. The SMILES string of the molecule is CC(C)(C)Oc1ccc(C2NCCNC2=O)cc1. The standard InChI is InChI=1S/C14H20N2O2/c1-14(2,3)18-11-6-4-10(5-7-11)12-13(17)16-9-8-15-12/h4-7,12,15H,8-9H2,1-3H3,(H,16,17). The molecule has 0 saturated carbocycles. The van der Waals surface area contributed by atoms with Crippen molar-refractivity contribution in [3.8, 4) is 5.75 Å². The molecule has 2 N–H and O–H groups in total. The van der Waals surface area contributed by atoms with Crippen molar-refractivity contribution in [1.82, 2.24) is 10.6 Å². The summed E-state index contributed by atoms with van der Waals surface area (Å²) in [6.45, 7) is 7.53. The lowest BCUT2D eigenvalue weighted by Crippen LogP contribution is -2.47. The summed E-state index contributed by atoms with van der Waals surface area (Å²) in [5.41, 5.74) is 0.760. The van der Waals surface area contributed by atoms with Crippen molar-refractivity contribution in [3.63, 3.8) is 0 Å². The summed E-state index contributed by atoms with van der Waals surface area (Å²) in [4.78, 5) is 11.7. The van der Waals surface area contributed by atoms with Gasteiger partial charge in [0.15, 0.2) is 0 Å². The van der Waals surface area contributed by atoms with E-state index in [1.165, 1.54) is 0 Å². The van der Waals surface area contributed by atoms with E-state index in [-0.39, 0.29) is 17.6 Å². The van der Waals surface area contributed by atoms with E-state index >= 15 is 0 Å². The lowest BCUT2D eigenvalue weighted by atomic mass is 10.0. The zero-order valence-electron chi connectivity index (χ0n) is 11.1. The molecule has 1 aromatic carbocycles. The molecule has 0 bridgehead atoms. The number of carbonyl (C=O) groups excluding carboxylic acids is 1. The van der Waals surface area contributed by atoms with E-state index in [4.69, 9.17) is 4.74 Å². The number of hydrogen-bond acceptors (Lipinski definition) is 3. The van der Waals surface area contributed by atoms with E-state index in [0.717, 1.165) is 17.9 Å². The second kappa shape index (κ2) is 4.98. The van der Waals surface area contributed by atoms with Crippen molar-refractivity contribution >= 4 is 5.91 Å². The fourth-order valence-corrected chi connectivity index (χ4v) is 1.95. The lowest BCUT2D eigenvalue weighted by Gasteiger charge is -2.25. The van der Waals surface area contributed by atoms with Crippen LogP contribution in [-0.2, 0) is 4.79 Å². The molecule has 4 heteroatoms. The Morgan fingerprint density at radius 3 is 2.39 bits per heavy atom. The second-order valence-corrected chi connectivity index (χ2v) is 5.46. The molecule has 1 saturated heterocycles. The maximum Gasteiger partial charge on any atom is 0.241 e. The summed E-state index contributed by atoms with van der Waals surface area (Å²) in [5, 5.41) is 6.05. The number of benzene rings is 1. The van der Waals surface area contributed by atoms with Gasteiger partial charge >= 0.3 is 0 Å². The van der Waals surface area contributed by atoms with Crippen LogP contribution in [0.2, 0.25) is 0 Å². The highest BCUT2D eigenvalue weighted by Crippen LogP contribution is 2.22. The number of piperazine rings is 1. The molecule has 1 aliphatic heterocycles. The molecule has 1 aliphatic rings. The highest BCUT2D eigenvalue weighted by Gasteiger charge is 2.23. The van der Waals surface area contributed by atoms with Gasteiger partial charge in [-0.15, -0.1) is 0 Å². The monoisotopic (exact) mass is 248 g/mol. The van der Waals surface area contributed by atoms with Gasteiger partial charge in [0.05, 0.1) is 0 Å². The maximum absolute atomic E-state index is 11.7. The van der Waals surface area contributed by atoms with Gasteiger partial charge in [0.25, 0.3) is 0 Å². The van der Waals surface area contributed by atoms with Crippen LogP contribution in [0.25, 0.3) is 0 Å². The molecule has 0 spiro atoms. The number of carbonyl (C=O) groups is 1. The van der Waals surface area contributed by atoms with Crippen molar-refractivity contribution < 1.29 is 9.53 Å². The van der Waals surface area contributed by atoms with Crippen LogP contribution in [0, 0.1) is 0 Å². The molecule has 98 valence electrons.